The number of rotatable bonds is 8. The Balaban J connectivity index is 2.08. The minimum Gasteiger partial charge on any atom is -0.490 e. The molecule has 0 bridgehead atoms. The summed E-state index contributed by atoms with van der Waals surface area (Å²) >= 11 is 0. The van der Waals surface area contributed by atoms with Gasteiger partial charge in [0.1, 0.15) is 12.4 Å². The summed E-state index contributed by atoms with van der Waals surface area (Å²) in [4.78, 5) is 17.1. The number of anilines is 1. The molecular weight excluding hydrogens is 360 g/mol. The Morgan fingerprint density at radius 3 is 2.64 bits per heavy atom. The lowest BCUT2D eigenvalue weighted by Gasteiger charge is -2.28. The van der Waals surface area contributed by atoms with Gasteiger partial charge >= 0.3 is 5.97 Å². The number of carbonyl (C=O) groups excluding carboxylic acids is 1. The van der Waals surface area contributed by atoms with E-state index >= 15 is 0 Å². The third kappa shape index (κ3) is 3.81. The van der Waals surface area contributed by atoms with Crippen LogP contribution in [0.25, 0.3) is 0 Å². The number of carbonyl (C=O) groups is 1. The van der Waals surface area contributed by atoms with Crippen molar-refractivity contribution in [1.82, 2.24) is 14.8 Å². The lowest BCUT2D eigenvalue weighted by atomic mass is 9.95. The van der Waals surface area contributed by atoms with Gasteiger partial charge in [-0.25, -0.2) is 9.48 Å². The van der Waals surface area contributed by atoms with Gasteiger partial charge in [-0.1, -0.05) is 13.0 Å². The first kappa shape index (κ1) is 19.7. The molecule has 1 aromatic carbocycles. The van der Waals surface area contributed by atoms with Gasteiger partial charge < -0.3 is 19.5 Å². The van der Waals surface area contributed by atoms with Gasteiger partial charge in [0.2, 0.25) is 5.95 Å². The quantitative estimate of drug-likeness (QED) is 0.696. The van der Waals surface area contributed by atoms with E-state index in [0.29, 0.717) is 48.5 Å². The number of hydrogen-bond donors (Lipinski definition) is 1. The number of aromatic nitrogens is 3. The molecule has 28 heavy (non-hydrogen) atoms. The molecular formula is C20H26N4O4. The van der Waals surface area contributed by atoms with Crippen molar-refractivity contribution in [3.05, 3.63) is 41.4 Å². The van der Waals surface area contributed by atoms with Crippen molar-refractivity contribution in [1.29, 1.82) is 0 Å². The topological polar surface area (TPSA) is 87.5 Å². The van der Waals surface area contributed by atoms with Gasteiger partial charge in [-0.3, -0.25) is 0 Å². The van der Waals surface area contributed by atoms with Crippen LogP contribution in [0.1, 0.15) is 45.7 Å². The molecule has 150 valence electrons. The predicted molar refractivity (Wildman–Crippen MR) is 105 cm³/mol. The van der Waals surface area contributed by atoms with Crippen molar-refractivity contribution < 1.29 is 19.0 Å². The van der Waals surface area contributed by atoms with E-state index < -0.39 is 6.04 Å². The van der Waals surface area contributed by atoms with Crippen molar-refractivity contribution >= 4 is 11.9 Å². The van der Waals surface area contributed by atoms with E-state index in [1.54, 1.807) is 4.68 Å². The molecule has 1 aromatic heterocycles. The van der Waals surface area contributed by atoms with Gasteiger partial charge in [0.25, 0.3) is 0 Å². The van der Waals surface area contributed by atoms with Crippen LogP contribution >= 0.6 is 0 Å². The van der Waals surface area contributed by atoms with Gasteiger partial charge in [0, 0.05) is 5.70 Å². The summed E-state index contributed by atoms with van der Waals surface area (Å²) in [5.74, 6) is 1.49. The highest BCUT2D eigenvalue weighted by Gasteiger charge is 2.34. The summed E-state index contributed by atoms with van der Waals surface area (Å²) in [5.41, 5.74) is 2.03. The Labute approximate surface area is 164 Å². The van der Waals surface area contributed by atoms with Crippen molar-refractivity contribution in [2.24, 2.45) is 0 Å². The molecule has 0 amide bonds. The normalized spacial score (nSPS) is 15.6. The fourth-order valence-electron chi connectivity index (χ4n) is 3.17. The molecule has 0 spiro atoms. The molecule has 2 aromatic rings. The zero-order chi connectivity index (χ0) is 20.1. The molecule has 1 N–H and O–H groups in total. The molecule has 0 fully saturated rings. The Morgan fingerprint density at radius 2 is 1.93 bits per heavy atom. The molecule has 1 aliphatic rings. The first-order valence-electron chi connectivity index (χ1n) is 9.54. The number of allylic oxidation sites excluding steroid dienone is 1. The van der Waals surface area contributed by atoms with Gasteiger partial charge in [-0.2, -0.15) is 10.1 Å². The van der Waals surface area contributed by atoms with E-state index in [-0.39, 0.29) is 5.97 Å². The van der Waals surface area contributed by atoms with Crippen molar-refractivity contribution in [2.45, 2.75) is 40.2 Å². The molecule has 8 heteroatoms. The lowest BCUT2D eigenvalue weighted by Crippen LogP contribution is -2.29. The van der Waals surface area contributed by atoms with E-state index in [4.69, 9.17) is 14.2 Å². The fraction of sp³-hybridized carbons (Fsp3) is 0.450. The van der Waals surface area contributed by atoms with Crippen LogP contribution < -0.4 is 14.8 Å². The average Bonchev–Trinajstić information content (AvgIpc) is 3.14. The van der Waals surface area contributed by atoms with Crippen molar-refractivity contribution in [3.63, 3.8) is 0 Å². The van der Waals surface area contributed by atoms with Crippen LogP contribution in [0, 0.1) is 0 Å². The monoisotopic (exact) mass is 386 g/mol. The minimum absolute atomic E-state index is 0.361. The highest BCUT2D eigenvalue weighted by Crippen LogP contribution is 2.38. The number of ether oxygens (including phenoxy) is 3. The minimum atomic E-state index is -0.474. The second-order valence-corrected chi connectivity index (χ2v) is 6.30. The molecule has 0 saturated heterocycles. The highest BCUT2D eigenvalue weighted by molar-refractivity contribution is 5.92. The van der Waals surface area contributed by atoms with Gasteiger partial charge in [0.05, 0.1) is 25.4 Å². The first-order valence-corrected chi connectivity index (χ1v) is 9.54. The van der Waals surface area contributed by atoms with Crippen LogP contribution in [-0.4, -0.2) is 40.6 Å². The number of benzene rings is 1. The van der Waals surface area contributed by atoms with Crippen molar-refractivity contribution in [2.75, 3.05) is 25.1 Å². The van der Waals surface area contributed by atoms with E-state index in [9.17, 15) is 4.79 Å². The maximum absolute atomic E-state index is 12.8. The molecule has 0 saturated carbocycles. The third-order valence-electron chi connectivity index (χ3n) is 4.33. The Morgan fingerprint density at radius 1 is 1.18 bits per heavy atom. The molecule has 0 radical (unpaired) electrons. The summed E-state index contributed by atoms with van der Waals surface area (Å²) in [6, 6.07) is 5.18. The van der Waals surface area contributed by atoms with Crippen LogP contribution in [0.15, 0.2) is 35.8 Å². The second kappa shape index (κ2) is 8.77. The largest absolute Gasteiger partial charge is 0.490 e. The summed E-state index contributed by atoms with van der Waals surface area (Å²) in [5, 5.41) is 7.46. The van der Waals surface area contributed by atoms with Gasteiger partial charge in [-0.05, 0) is 44.9 Å². The Hall–Kier alpha value is -3.03. The molecule has 0 aliphatic carbocycles. The first-order chi connectivity index (χ1) is 13.6. The predicted octanol–water partition coefficient (Wildman–Crippen LogP) is 3.32. The lowest BCUT2D eigenvalue weighted by molar-refractivity contribution is -0.139. The van der Waals surface area contributed by atoms with Crippen LogP contribution in [0.3, 0.4) is 0 Å². The number of esters is 1. The number of nitrogens with zero attached hydrogens (tertiary/aromatic N) is 3. The van der Waals surface area contributed by atoms with Crippen LogP contribution in [0.5, 0.6) is 11.5 Å². The van der Waals surface area contributed by atoms with Crippen LogP contribution in [-0.2, 0) is 9.53 Å². The van der Waals surface area contributed by atoms with Crippen LogP contribution in [0.4, 0.5) is 5.95 Å². The Kier molecular flexibility index (Phi) is 6.18. The van der Waals surface area contributed by atoms with E-state index in [2.05, 4.69) is 15.4 Å². The number of fused-ring (bicyclic) bond motifs is 1. The van der Waals surface area contributed by atoms with E-state index in [0.717, 1.165) is 12.0 Å². The zero-order valence-electron chi connectivity index (χ0n) is 16.7. The molecule has 1 unspecified atom stereocenters. The summed E-state index contributed by atoms with van der Waals surface area (Å²) in [6.45, 7) is 9.04. The Bertz CT molecular complexity index is 875. The summed E-state index contributed by atoms with van der Waals surface area (Å²) in [6.07, 6.45) is 2.21. The standard InChI is InChI=1S/C20H26N4O4/c1-5-10-28-19(25)17-13(4)23-20-21-12-22-24(20)18(17)14-8-9-15(26-6-2)16(11-14)27-7-3/h8-9,11-12,18H,5-7,10H2,1-4H3,(H,21,22,23). The van der Waals surface area contributed by atoms with E-state index in [1.807, 2.05) is 45.9 Å². The molecule has 3 rings (SSSR count). The molecule has 8 nitrogen and oxygen atoms in total. The van der Waals surface area contributed by atoms with Crippen LogP contribution in [0.2, 0.25) is 0 Å². The highest BCUT2D eigenvalue weighted by atomic mass is 16.5. The molecule has 1 atom stereocenters. The summed E-state index contributed by atoms with van der Waals surface area (Å²) < 4.78 is 18.5. The SMILES string of the molecule is CCCOC(=O)C1=C(C)Nc2ncnn2C1c1ccc(OCC)c(OCC)c1. The maximum atomic E-state index is 12.8. The molecule has 1 aliphatic heterocycles. The maximum Gasteiger partial charge on any atom is 0.338 e. The van der Waals surface area contributed by atoms with Gasteiger partial charge in [-0.15, -0.1) is 0 Å². The third-order valence-corrected chi connectivity index (χ3v) is 4.33. The number of hydrogen-bond acceptors (Lipinski definition) is 7. The second-order valence-electron chi connectivity index (χ2n) is 6.30. The van der Waals surface area contributed by atoms with Gasteiger partial charge in [0.15, 0.2) is 11.5 Å². The van der Waals surface area contributed by atoms with E-state index in [1.165, 1.54) is 6.33 Å². The zero-order valence-corrected chi connectivity index (χ0v) is 16.7. The summed E-state index contributed by atoms with van der Waals surface area (Å²) in [7, 11) is 0. The smallest absolute Gasteiger partial charge is 0.338 e. The fourth-order valence-corrected chi connectivity index (χ4v) is 3.17. The average molecular weight is 386 g/mol. The molecule has 2 heterocycles. The van der Waals surface area contributed by atoms with Crippen molar-refractivity contribution in [3.8, 4) is 11.5 Å². The number of nitrogens with one attached hydrogen (secondary N) is 1.